The molecule has 1 aliphatic carbocycles. The van der Waals surface area contributed by atoms with Crippen molar-refractivity contribution in [3.8, 4) is 0 Å². The summed E-state index contributed by atoms with van der Waals surface area (Å²) in [5, 5.41) is 19.0. The van der Waals surface area contributed by atoms with Crippen LogP contribution in [0.1, 0.15) is 62.1 Å². The molecule has 0 aliphatic heterocycles. The lowest BCUT2D eigenvalue weighted by Gasteiger charge is -2.34. The fraction of sp³-hybridized carbons (Fsp3) is 0.600. The summed E-state index contributed by atoms with van der Waals surface area (Å²) in [5.74, 6) is 0.908. The Morgan fingerprint density at radius 1 is 1.14 bits per heavy atom. The smallest absolute Gasteiger partial charge is 0.289 e. The summed E-state index contributed by atoms with van der Waals surface area (Å²) in [4.78, 5) is 22.1. The molecule has 1 aromatic heterocycles. The number of hydrogen-bond acceptors (Lipinski definition) is 7. The topological polar surface area (TPSA) is 121 Å². The number of hydrogen-bond donors (Lipinski definition) is 4. The average molecular weight is 544 g/mol. The maximum atomic E-state index is 12.9. The zero-order valence-corrected chi connectivity index (χ0v) is 23.4. The van der Waals surface area contributed by atoms with Crippen molar-refractivity contribution in [2.24, 2.45) is 0 Å². The van der Waals surface area contributed by atoms with Gasteiger partial charge in [-0.15, -0.1) is 24.8 Å². The second-order valence-electron chi connectivity index (χ2n) is 9.57. The summed E-state index contributed by atoms with van der Waals surface area (Å²) < 4.78 is 10.5. The fourth-order valence-corrected chi connectivity index (χ4v) is 4.05. The number of nitrogens with zero attached hydrogens (tertiary/aromatic N) is 2. The van der Waals surface area contributed by atoms with Crippen LogP contribution in [0.4, 0.5) is 5.82 Å². The van der Waals surface area contributed by atoms with Crippen LogP contribution in [0.3, 0.4) is 0 Å². The molecule has 1 aliphatic rings. The summed E-state index contributed by atoms with van der Waals surface area (Å²) in [6.07, 6.45) is 4.69. The Balaban J connectivity index is 0.00000324. The van der Waals surface area contributed by atoms with Gasteiger partial charge in [0.1, 0.15) is 5.82 Å². The van der Waals surface area contributed by atoms with Gasteiger partial charge in [-0.2, -0.15) is 0 Å². The SMILES string of the molecule is COCCC(=N)N[C@@H]1CCCC[C@@H]1Nc1nc(C(=O)NCC(C)(C)OC)nc2ccc(C)cc12.Cl.Cl. The lowest BCUT2D eigenvalue weighted by atomic mass is 9.90. The maximum Gasteiger partial charge on any atom is 0.289 e. The van der Waals surface area contributed by atoms with Gasteiger partial charge in [0.05, 0.1) is 23.6 Å². The number of halogens is 2. The largest absolute Gasteiger partial charge is 0.384 e. The molecule has 3 rings (SSSR count). The second-order valence-corrected chi connectivity index (χ2v) is 9.57. The first-order valence-electron chi connectivity index (χ1n) is 11.9. The van der Waals surface area contributed by atoms with Crippen LogP contribution in [0.2, 0.25) is 0 Å². The predicted molar refractivity (Wildman–Crippen MR) is 149 cm³/mol. The van der Waals surface area contributed by atoms with Gasteiger partial charge in [-0.1, -0.05) is 24.5 Å². The van der Waals surface area contributed by atoms with E-state index in [0.717, 1.165) is 36.6 Å². The number of benzene rings is 1. The van der Waals surface area contributed by atoms with Gasteiger partial charge in [0, 0.05) is 44.7 Å². The van der Waals surface area contributed by atoms with Crippen molar-refractivity contribution in [1.29, 1.82) is 5.41 Å². The number of anilines is 1. The van der Waals surface area contributed by atoms with E-state index in [1.807, 2.05) is 39.0 Å². The molecule has 4 N–H and O–H groups in total. The van der Waals surface area contributed by atoms with Crippen molar-refractivity contribution in [3.05, 3.63) is 29.6 Å². The van der Waals surface area contributed by atoms with Crippen LogP contribution in [-0.4, -0.2) is 66.8 Å². The first-order chi connectivity index (χ1) is 16.2. The van der Waals surface area contributed by atoms with Crippen LogP contribution in [0.25, 0.3) is 10.9 Å². The highest BCUT2D eigenvalue weighted by Crippen LogP contribution is 2.27. The van der Waals surface area contributed by atoms with Crippen LogP contribution in [0, 0.1) is 12.3 Å². The lowest BCUT2D eigenvalue weighted by molar-refractivity contribution is 0.0227. The Hall–Kier alpha value is -2.20. The third-order valence-corrected chi connectivity index (χ3v) is 6.29. The van der Waals surface area contributed by atoms with Crippen molar-refractivity contribution < 1.29 is 14.3 Å². The summed E-state index contributed by atoms with van der Waals surface area (Å²) in [7, 11) is 3.26. The number of aryl methyl sites for hydroxylation is 1. The van der Waals surface area contributed by atoms with Gasteiger partial charge < -0.3 is 25.4 Å². The standard InChI is InChI=1S/C25H38N6O3.2ClH/c1-16-10-11-18-17(14-16)22(31-23(29-18)24(32)27-15-25(2,3)34-5)30-20-9-7-6-8-19(20)28-21(26)12-13-33-4;;/h10-11,14,19-20H,6-9,12-13,15H2,1-5H3,(H2,26,28)(H,27,32)(H,29,30,31);2*1H/t19-,20+;;/m1../s1. The zero-order valence-electron chi connectivity index (χ0n) is 21.8. The minimum absolute atomic E-state index is 0. The molecule has 11 heteroatoms. The van der Waals surface area contributed by atoms with Gasteiger partial charge in [-0.25, -0.2) is 9.97 Å². The Morgan fingerprint density at radius 2 is 1.83 bits per heavy atom. The van der Waals surface area contributed by atoms with E-state index in [2.05, 4.69) is 25.9 Å². The normalized spacial score (nSPS) is 17.5. The Kier molecular flexibility index (Phi) is 12.8. The predicted octanol–water partition coefficient (Wildman–Crippen LogP) is 4.26. The van der Waals surface area contributed by atoms with E-state index < -0.39 is 5.60 Å². The monoisotopic (exact) mass is 542 g/mol. The maximum absolute atomic E-state index is 12.9. The molecule has 0 unspecified atom stereocenters. The number of fused-ring (bicyclic) bond motifs is 1. The molecule has 1 amide bonds. The lowest BCUT2D eigenvalue weighted by Crippen LogP contribution is -2.48. The van der Waals surface area contributed by atoms with Crippen molar-refractivity contribution in [3.63, 3.8) is 0 Å². The number of carbonyl (C=O) groups excluding carboxylic acids is 1. The molecule has 0 saturated heterocycles. The molecular formula is C25H40Cl2N6O3. The zero-order chi connectivity index (χ0) is 24.7. The van der Waals surface area contributed by atoms with Gasteiger partial charge in [-0.3, -0.25) is 10.2 Å². The Morgan fingerprint density at radius 3 is 2.50 bits per heavy atom. The minimum atomic E-state index is -0.487. The molecule has 202 valence electrons. The quantitative estimate of drug-likeness (QED) is 0.261. The first-order valence-corrected chi connectivity index (χ1v) is 11.9. The molecule has 1 fully saturated rings. The summed E-state index contributed by atoms with van der Waals surface area (Å²) in [6, 6.07) is 6.13. The van der Waals surface area contributed by atoms with Crippen molar-refractivity contribution >= 4 is 53.3 Å². The molecule has 2 aromatic rings. The van der Waals surface area contributed by atoms with Gasteiger partial charge in [0.25, 0.3) is 5.91 Å². The molecular weight excluding hydrogens is 503 g/mol. The number of methoxy groups -OCH3 is 2. The number of rotatable bonds is 10. The summed E-state index contributed by atoms with van der Waals surface area (Å²) in [6.45, 7) is 6.71. The molecule has 36 heavy (non-hydrogen) atoms. The van der Waals surface area contributed by atoms with E-state index in [9.17, 15) is 4.79 Å². The van der Waals surface area contributed by atoms with Crippen LogP contribution in [0.15, 0.2) is 18.2 Å². The molecule has 0 spiro atoms. The number of aromatic nitrogens is 2. The first kappa shape index (κ1) is 31.8. The number of ether oxygens (including phenoxy) is 2. The van der Waals surface area contributed by atoms with E-state index in [-0.39, 0.29) is 48.6 Å². The van der Waals surface area contributed by atoms with Gasteiger partial charge in [-0.05, 0) is 45.7 Å². The number of amides is 1. The van der Waals surface area contributed by atoms with Gasteiger partial charge in [0.15, 0.2) is 0 Å². The van der Waals surface area contributed by atoms with Crippen LogP contribution in [-0.2, 0) is 9.47 Å². The number of amidine groups is 1. The Labute approximate surface area is 226 Å². The van der Waals surface area contributed by atoms with E-state index in [1.54, 1.807) is 14.2 Å². The fourth-order valence-electron chi connectivity index (χ4n) is 4.05. The van der Waals surface area contributed by atoms with E-state index >= 15 is 0 Å². The third-order valence-electron chi connectivity index (χ3n) is 6.29. The molecule has 1 heterocycles. The number of carbonyl (C=O) groups is 1. The Bertz CT molecular complexity index is 1020. The highest BCUT2D eigenvalue weighted by molar-refractivity contribution is 5.96. The average Bonchev–Trinajstić information content (AvgIpc) is 2.82. The van der Waals surface area contributed by atoms with Crippen molar-refractivity contribution in [2.75, 3.05) is 32.7 Å². The summed E-state index contributed by atoms with van der Waals surface area (Å²) in [5.41, 5.74) is 1.32. The highest BCUT2D eigenvalue weighted by atomic mass is 35.5. The van der Waals surface area contributed by atoms with E-state index in [1.165, 1.54) is 0 Å². The third kappa shape index (κ3) is 8.73. The van der Waals surface area contributed by atoms with Crippen LogP contribution in [0.5, 0.6) is 0 Å². The van der Waals surface area contributed by atoms with E-state index in [0.29, 0.717) is 36.7 Å². The highest BCUT2D eigenvalue weighted by Gasteiger charge is 2.27. The van der Waals surface area contributed by atoms with Crippen LogP contribution >= 0.6 is 24.8 Å². The van der Waals surface area contributed by atoms with E-state index in [4.69, 9.17) is 14.9 Å². The van der Waals surface area contributed by atoms with Gasteiger partial charge >= 0.3 is 0 Å². The minimum Gasteiger partial charge on any atom is -0.384 e. The molecule has 0 bridgehead atoms. The van der Waals surface area contributed by atoms with Gasteiger partial charge in [0.2, 0.25) is 5.82 Å². The van der Waals surface area contributed by atoms with Crippen molar-refractivity contribution in [2.45, 2.75) is 70.6 Å². The molecule has 1 aromatic carbocycles. The second kappa shape index (κ2) is 14.5. The number of nitrogens with one attached hydrogen (secondary N) is 4. The molecule has 0 radical (unpaired) electrons. The molecule has 9 nitrogen and oxygen atoms in total. The molecule has 2 atom stereocenters. The summed E-state index contributed by atoms with van der Waals surface area (Å²) >= 11 is 0. The van der Waals surface area contributed by atoms with Crippen LogP contribution < -0.4 is 16.0 Å². The van der Waals surface area contributed by atoms with Crippen molar-refractivity contribution in [1.82, 2.24) is 20.6 Å². The molecule has 1 saturated carbocycles.